The third-order valence-corrected chi connectivity index (χ3v) is 7.79. The normalized spacial score (nSPS) is 27.5. The number of rotatable bonds is 2. The second kappa shape index (κ2) is 10.4. The quantitative estimate of drug-likeness (QED) is 0.542. The van der Waals surface area contributed by atoms with Crippen molar-refractivity contribution in [2.75, 3.05) is 40.3 Å². The molecule has 4 atom stereocenters. The Morgan fingerprint density at radius 1 is 0.694 bits per heavy atom. The van der Waals surface area contributed by atoms with E-state index < -0.39 is 12.3 Å². The first kappa shape index (κ1) is 25.1. The van der Waals surface area contributed by atoms with Gasteiger partial charge in [-0.3, -0.25) is 9.98 Å². The van der Waals surface area contributed by atoms with Gasteiger partial charge in [0.25, 0.3) is 0 Å². The molecule has 6 rings (SSSR count). The fourth-order valence-corrected chi connectivity index (χ4v) is 5.69. The molecule has 4 heterocycles. The van der Waals surface area contributed by atoms with Crippen LogP contribution in [-0.4, -0.2) is 74.8 Å². The zero-order valence-corrected chi connectivity index (χ0v) is 20.7. The van der Waals surface area contributed by atoms with Gasteiger partial charge < -0.3 is 9.80 Å². The Balaban J connectivity index is 0.000000148. The lowest BCUT2D eigenvalue weighted by Gasteiger charge is -2.32. The van der Waals surface area contributed by atoms with E-state index in [1.807, 2.05) is 23.9 Å². The summed E-state index contributed by atoms with van der Waals surface area (Å²) in [5.41, 5.74) is 4.74. The maximum Gasteiger partial charge on any atom is 0.127 e. The predicted octanol–water partition coefficient (Wildman–Crippen LogP) is 5.03. The van der Waals surface area contributed by atoms with E-state index in [1.165, 1.54) is 12.1 Å². The molecule has 0 spiro atoms. The standard InChI is InChI=1S/2C14H16F2N2/c2*1-18-3-2-11(14(16)8-18)12-4-9-6-17-7-10(9)5-13(12)15/h2*4-5,7,11,14H,2-3,6,8H2,1H3. The van der Waals surface area contributed by atoms with Crippen molar-refractivity contribution in [2.24, 2.45) is 9.98 Å². The molecule has 8 heteroatoms. The van der Waals surface area contributed by atoms with Crippen molar-refractivity contribution in [2.45, 2.75) is 50.1 Å². The Morgan fingerprint density at radius 3 is 1.50 bits per heavy atom. The number of halogens is 4. The maximum atomic E-state index is 14.1. The van der Waals surface area contributed by atoms with Crippen LogP contribution in [0.1, 0.15) is 58.1 Å². The van der Waals surface area contributed by atoms with Crippen LogP contribution in [0.3, 0.4) is 0 Å². The summed E-state index contributed by atoms with van der Waals surface area (Å²) in [5, 5.41) is 0. The lowest BCUT2D eigenvalue weighted by atomic mass is 9.86. The molecule has 4 aliphatic rings. The molecule has 2 fully saturated rings. The summed E-state index contributed by atoms with van der Waals surface area (Å²) >= 11 is 0. The van der Waals surface area contributed by atoms with Gasteiger partial charge in [0.1, 0.15) is 24.0 Å². The van der Waals surface area contributed by atoms with Gasteiger partial charge in [0.15, 0.2) is 0 Å². The average molecular weight is 501 g/mol. The summed E-state index contributed by atoms with van der Waals surface area (Å²) in [4.78, 5) is 12.1. The van der Waals surface area contributed by atoms with Crippen LogP contribution in [-0.2, 0) is 13.1 Å². The molecule has 0 saturated carbocycles. The van der Waals surface area contributed by atoms with Gasteiger partial charge in [0.05, 0.1) is 13.1 Å². The molecule has 0 N–H and O–H groups in total. The summed E-state index contributed by atoms with van der Waals surface area (Å²) in [5.74, 6) is -1.21. The average Bonchev–Trinajstić information content (AvgIpc) is 3.47. The molecule has 2 aromatic rings. The molecule has 2 aromatic carbocycles. The molecular formula is C28H32F4N4. The molecule has 4 aliphatic heterocycles. The summed E-state index contributed by atoms with van der Waals surface area (Å²) in [6.07, 6.45) is 2.74. The number of aliphatic imine (C=N–C) groups is 2. The molecule has 0 radical (unpaired) electrons. The topological polar surface area (TPSA) is 31.2 Å². The van der Waals surface area contributed by atoms with Gasteiger partial charge in [-0.25, -0.2) is 17.6 Å². The van der Waals surface area contributed by atoms with Crippen LogP contribution in [0.2, 0.25) is 0 Å². The van der Waals surface area contributed by atoms with Crippen LogP contribution in [0, 0.1) is 11.6 Å². The minimum atomic E-state index is -0.987. The molecule has 4 nitrogen and oxygen atoms in total. The van der Waals surface area contributed by atoms with Crippen molar-refractivity contribution in [3.8, 4) is 0 Å². The molecule has 36 heavy (non-hydrogen) atoms. The summed E-state index contributed by atoms with van der Waals surface area (Å²) in [6.45, 7) is 3.59. The predicted molar refractivity (Wildman–Crippen MR) is 135 cm³/mol. The van der Waals surface area contributed by atoms with Gasteiger partial charge in [-0.2, -0.15) is 0 Å². The van der Waals surface area contributed by atoms with Gasteiger partial charge in [0.2, 0.25) is 0 Å². The van der Waals surface area contributed by atoms with Crippen molar-refractivity contribution in [1.29, 1.82) is 0 Å². The highest BCUT2D eigenvalue weighted by molar-refractivity contribution is 5.85. The highest BCUT2D eigenvalue weighted by atomic mass is 19.1. The molecule has 192 valence electrons. The number of benzene rings is 2. The lowest BCUT2D eigenvalue weighted by Crippen LogP contribution is -2.38. The third-order valence-electron chi connectivity index (χ3n) is 7.79. The number of nitrogens with zero attached hydrogens (tertiary/aromatic N) is 4. The number of piperidine rings is 2. The second-order valence-electron chi connectivity index (χ2n) is 10.4. The fraction of sp³-hybridized carbons (Fsp3) is 0.500. The highest BCUT2D eigenvalue weighted by Crippen LogP contribution is 2.35. The maximum absolute atomic E-state index is 14.1. The van der Waals surface area contributed by atoms with E-state index in [2.05, 4.69) is 9.98 Å². The molecule has 0 aliphatic carbocycles. The van der Waals surface area contributed by atoms with Gasteiger partial charge in [-0.1, -0.05) is 0 Å². The van der Waals surface area contributed by atoms with Crippen LogP contribution in [0.4, 0.5) is 17.6 Å². The Bertz CT molecular complexity index is 1090. The molecular weight excluding hydrogens is 468 g/mol. The zero-order chi connectivity index (χ0) is 25.4. The Morgan fingerprint density at radius 2 is 1.11 bits per heavy atom. The number of fused-ring (bicyclic) bond motifs is 2. The summed E-state index contributed by atoms with van der Waals surface area (Å²) in [6, 6.07) is 6.60. The van der Waals surface area contributed by atoms with E-state index in [0.29, 0.717) is 50.1 Å². The number of hydrogen-bond donors (Lipinski definition) is 0. The first-order valence-electron chi connectivity index (χ1n) is 12.6. The number of hydrogen-bond acceptors (Lipinski definition) is 4. The SMILES string of the molecule is CN1CCC(c2cc3c(cc2F)C=NC3)C(F)C1.CN1CCC(c2cc3c(cc2F)C=NC3)C(F)C1. The monoisotopic (exact) mass is 500 g/mol. The fourth-order valence-electron chi connectivity index (χ4n) is 5.69. The molecule has 0 bridgehead atoms. The van der Waals surface area contributed by atoms with E-state index >= 15 is 0 Å². The molecule has 0 aromatic heterocycles. The van der Waals surface area contributed by atoms with Crippen molar-refractivity contribution < 1.29 is 17.6 Å². The Hall–Kier alpha value is -2.58. The van der Waals surface area contributed by atoms with E-state index in [-0.39, 0.29) is 23.5 Å². The second-order valence-corrected chi connectivity index (χ2v) is 10.4. The molecule has 4 unspecified atom stereocenters. The van der Waals surface area contributed by atoms with Crippen molar-refractivity contribution in [1.82, 2.24) is 9.80 Å². The molecule has 0 amide bonds. The molecule has 2 saturated heterocycles. The van der Waals surface area contributed by atoms with E-state index in [0.717, 1.165) is 35.3 Å². The first-order chi connectivity index (χ1) is 17.3. The zero-order valence-electron chi connectivity index (χ0n) is 20.7. The lowest BCUT2D eigenvalue weighted by molar-refractivity contribution is 0.137. The van der Waals surface area contributed by atoms with Gasteiger partial charge in [0, 0.05) is 48.5 Å². The Kier molecular flexibility index (Phi) is 7.26. The van der Waals surface area contributed by atoms with Gasteiger partial charge >= 0.3 is 0 Å². The van der Waals surface area contributed by atoms with Crippen molar-refractivity contribution in [3.63, 3.8) is 0 Å². The van der Waals surface area contributed by atoms with E-state index in [4.69, 9.17) is 0 Å². The van der Waals surface area contributed by atoms with E-state index in [9.17, 15) is 17.6 Å². The minimum absolute atomic E-state index is 0.292. The highest BCUT2D eigenvalue weighted by Gasteiger charge is 2.32. The number of alkyl halides is 2. The smallest absolute Gasteiger partial charge is 0.127 e. The van der Waals surface area contributed by atoms with Crippen LogP contribution in [0.15, 0.2) is 34.3 Å². The Labute approximate surface area is 209 Å². The van der Waals surface area contributed by atoms with Crippen LogP contribution in [0.25, 0.3) is 0 Å². The van der Waals surface area contributed by atoms with Crippen molar-refractivity contribution >= 4 is 12.4 Å². The largest absolute Gasteiger partial charge is 0.303 e. The van der Waals surface area contributed by atoms with Gasteiger partial charge in [-0.05, 0) is 86.5 Å². The van der Waals surface area contributed by atoms with E-state index in [1.54, 1.807) is 24.6 Å². The van der Waals surface area contributed by atoms with Crippen LogP contribution >= 0.6 is 0 Å². The first-order valence-corrected chi connectivity index (χ1v) is 12.6. The third kappa shape index (κ3) is 5.11. The van der Waals surface area contributed by atoms with Gasteiger partial charge in [-0.15, -0.1) is 0 Å². The van der Waals surface area contributed by atoms with Crippen LogP contribution in [0.5, 0.6) is 0 Å². The summed E-state index contributed by atoms with van der Waals surface area (Å²) in [7, 11) is 3.80. The minimum Gasteiger partial charge on any atom is -0.303 e. The van der Waals surface area contributed by atoms with Crippen molar-refractivity contribution in [3.05, 3.63) is 69.3 Å². The number of likely N-dealkylation sites (tertiary alicyclic amines) is 2. The summed E-state index contributed by atoms with van der Waals surface area (Å²) < 4.78 is 56.3. The van der Waals surface area contributed by atoms with Crippen LogP contribution < -0.4 is 0 Å².